The summed E-state index contributed by atoms with van der Waals surface area (Å²) >= 11 is 11.7. The molecule has 3 N–H and O–H groups in total. The summed E-state index contributed by atoms with van der Waals surface area (Å²) in [6.07, 6.45) is 0. The second kappa shape index (κ2) is 6.81. The zero-order valence-corrected chi connectivity index (χ0v) is 13.0. The number of hydrogen-bond donors (Lipinski definition) is 2. The summed E-state index contributed by atoms with van der Waals surface area (Å²) < 4.78 is 0. The fourth-order valence-corrected chi connectivity index (χ4v) is 1.94. The zero-order chi connectivity index (χ0) is 15.4. The highest BCUT2D eigenvalue weighted by Crippen LogP contribution is 2.29. The van der Waals surface area contributed by atoms with E-state index in [-0.39, 0.29) is 45.7 Å². The predicted molar refractivity (Wildman–Crippen MR) is 81.1 cm³/mol. The molecule has 5 nitrogen and oxygen atoms in total. The van der Waals surface area contributed by atoms with E-state index in [1.165, 1.54) is 24.1 Å². The summed E-state index contributed by atoms with van der Waals surface area (Å²) in [5.74, 6) is -0.585. The van der Waals surface area contributed by atoms with Crippen molar-refractivity contribution in [2.75, 3.05) is 19.3 Å². The number of nitrogens with one attached hydrogen (secondary N) is 1. The highest BCUT2D eigenvalue weighted by atomic mass is 35.5. The number of nitrogen functional groups attached to an aromatic ring is 1. The number of amides is 2. The Kier molecular flexibility index (Phi) is 5.65. The van der Waals surface area contributed by atoms with E-state index in [2.05, 4.69) is 5.32 Å². The Morgan fingerprint density at radius 3 is 2.45 bits per heavy atom. The number of rotatable bonds is 4. The highest BCUT2D eigenvalue weighted by Gasteiger charge is 2.17. The Hall–Kier alpha value is -1.46. The van der Waals surface area contributed by atoms with E-state index in [4.69, 9.17) is 28.9 Å². The lowest BCUT2D eigenvalue weighted by Gasteiger charge is -2.18. The molecule has 7 heteroatoms. The van der Waals surface area contributed by atoms with Crippen LogP contribution in [-0.4, -0.2) is 36.3 Å². The number of halogens is 2. The monoisotopic (exact) mass is 317 g/mol. The van der Waals surface area contributed by atoms with Gasteiger partial charge in [0.05, 0.1) is 22.3 Å². The molecule has 0 bridgehead atoms. The van der Waals surface area contributed by atoms with Crippen molar-refractivity contribution >= 4 is 40.7 Å². The fraction of sp³-hybridized carbons (Fsp3) is 0.385. The minimum atomic E-state index is -0.353. The number of benzene rings is 1. The Morgan fingerprint density at radius 1 is 1.35 bits per heavy atom. The lowest BCUT2D eigenvalue weighted by atomic mass is 10.1. The summed E-state index contributed by atoms with van der Waals surface area (Å²) in [5.41, 5.74) is 6.17. The van der Waals surface area contributed by atoms with Crippen molar-refractivity contribution in [2.24, 2.45) is 0 Å². The Bertz CT molecular complexity index is 509. The fourth-order valence-electron chi connectivity index (χ4n) is 1.61. The van der Waals surface area contributed by atoms with E-state index >= 15 is 0 Å². The second-order valence-corrected chi connectivity index (χ2v) is 5.53. The van der Waals surface area contributed by atoms with Gasteiger partial charge in [-0.2, -0.15) is 0 Å². The van der Waals surface area contributed by atoms with Crippen LogP contribution in [0.2, 0.25) is 10.0 Å². The van der Waals surface area contributed by atoms with E-state index in [0.717, 1.165) is 0 Å². The standard InChI is InChI=1S/C13H17Cl2N3O2/c1-7(2)17-11(19)6-18(3)13(20)8-4-9(14)12(15)10(16)5-8/h4-5,7H,6,16H2,1-3H3,(H,17,19). The molecule has 0 aliphatic heterocycles. The molecule has 20 heavy (non-hydrogen) atoms. The van der Waals surface area contributed by atoms with Gasteiger partial charge in [0.1, 0.15) is 0 Å². The quantitative estimate of drug-likeness (QED) is 0.836. The topological polar surface area (TPSA) is 75.4 Å². The van der Waals surface area contributed by atoms with Crippen LogP contribution in [0.3, 0.4) is 0 Å². The van der Waals surface area contributed by atoms with Crippen molar-refractivity contribution < 1.29 is 9.59 Å². The van der Waals surface area contributed by atoms with Crippen molar-refractivity contribution in [3.05, 3.63) is 27.7 Å². The summed E-state index contributed by atoms with van der Waals surface area (Å²) in [7, 11) is 1.53. The van der Waals surface area contributed by atoms with Crippen LogP contribution >= 0.6 is 23.2 Å². The van der Waals surface area contributed by atoms with Gasteiger partial charge >= 0.3 is 0 Å². The number of anilines is 1. The smallest absolute Gasteiger partial charge is 0.254 e. The molecule has 0 atom stereocenters. The molecule has 0 aliphatic rings. The van der Waals surface area contributed by atoms with Crippen LogP contribution < -0.4 is 11.1 Å². The first-order valence-electron chi connectivity index (χ1n) is 6.01. The van der Waals surface area contributed by atoms with Crippen LogP contribution in [0.25, 0.3) is 0 Å². The van der Waals surface area contributed by atoms with E-state index in [1.807, 2.05) is 13.8 Å². The maximum Gasteiger partial charge on any atom is 0.254 e. The van der Waals surface area contributed by atoms with Gasteiger partial charge in [0.2, 0.25) is 5.91 Å². The van der Waals surface area contributed by atoms with Crippen molar-refractivity contribution in [1.82, 2.24) is 10.2 Å². The van der Waals surface area contributed by atoms with Crippen LogP contribution in [-0.2, 0) is 4.79 Å². The number of likely N-dealkylation sites (N-methyl/N-ethyl adjacent to an activating group) is 1. The average Bonchev–Trinajstić information content (AvgIpc) is 2.33. The number of carbonyl (C=O) groups excluding carboxylic acids is 2. The van der Waals surface area contributed by atoms with E-state index in [1.54, 1.807) is 0 Å². The average molecular weight is 318 g/mol. The minimum Gasteiger partial charge on any atom is -0.397 e. The molecule has 0 aromatic heterocycles. The molecule has 1 rings (SSSR count). The first kappa shape index (κ1) is 16.6. The van der Waals surface area contributed by atoms with Gasteiger partial charge in [0.15, 0.2) is 0 Å². The van der Waals surface area contributed by atoms with Crippen molar-refractivity contribution in [1.29, 1.82) is 0 Å². The first-order chi connectivity index (χ1) is 9.22. The zero-order valence-electron chi connectivity index (χ0n) is 11.5. The number of carbonyl (C=O) groups is 2. The van der Waals surface area contributed by atoms with Gasteiger partial charge in [-0.3, -0.25) is 9.59 Å². The molecule has 0 heterocycles. The predicted octanol–water partition coefficient (Wildman–Crippen LogP) is 2.17. The molecule has 0 saturated heterocycles. The number of hydrogen-bond acceptors (Lipinski definition) is 3. The molecule has 1 aromatic rings. The SMILES string of the molecule is CC(C)NC(=O)CN(C)C(=O)c1cc(N)c(Cl)c(Cl)c1. The normalized spacial score (nSPS) is 10.5. The molecular formula is C13H17Cl2N3O2. The maximum absolute atomic E-state index is 12.2. The van der Waals surface area contributed by atoms with E-state index in [9.17, 15) is 9.59 Å². The molecule has 0 unspecified atom stereocenters. The molecule has 1 aromatic carbocycles. The largest absolute Gasteiger partial charge is 0.397 e. The van der Waals surface area contributed by atoms with Gasteiger partial charge in [-0.15, -0.1) is 0 Å². The van der Waals surface area contributed by atoms with Crippen LogP contribution in [0, 0.1) is 0 Å². The molecule has 0 radical (unpaired) electrons. The third kappa shape index (κ3) is 4.28. The lowest BCUT2D eigenvalue weighted by Crippen LogP contribution is -2.40. The molecule has 0 fully saturated rings. The molecule has 0 aliphatic carbocycles. The van der Waals surface area contributed by atoms with Gasteiger partial charge in [-0.25, -0.2) is 0 Å². The Labute approximate surface area is 128 Å². The molecular weight excluding hydrogens is 301 g/mol. The second-order valence-electron chi connectivity index (χ2n) is 4.74. The lowest BCUT2D eigenvalue weighted by molar-refractivity contribution is -0.122. The third-order valence-corrected chi connectivity index (χ3v) is 3.30. The van der Waals surface area contributed by atoms with Crippen molar-refractivity contribution in [3.8, 4) is 0 Å². The van der Waals surface area contributed by atoms with Crippen LogP contribution in [0.15, 0.2) is 12.1 Å². The van der Waals surface area contributed by atoms with Crippen LogP contribution in [0.5, 0.6) is 0 Å². The first-order valence-corrected chi connectivity index (χ1v) is 6.77. The summed E-state index contributed by atoms with van der Waals surface area (Å²) in [4.78, 5) is 25.1. The van der Waals surface area contributed by atoms with Gasteiger partial charge in [-0.1, -0.05) is 23.2 Å². The summed E-state index contributed by atoms with van der Waals surface area (Å²) in [6, 6.07) is 2.89. The third-order valence-electron chi connectivity index (χ3n) is 2.48. The van der Waals surface area contributed by atoms with E-state index < -0.39 is 0 Å². The summed E-state index contributed by atoms with van der Waals surface area (Å²) in [6.45, 7) is 3.65. The van der Waals surface area contributed by atoms with Crippen LogP contribution in [0.1, 0.15) is 24.2 Å². The van der Waals surface area contributed by atoms with Crippen LogP contribution in [0.4, 0.5) is 5.69 Å². The van der Waals surface area contributed by atoms with Crippen molar-refractivity contribution in [2.45, 2.75) is 19.9 Å². The minimum absolute atomic E-state index is 0.0200. The van der Waals surface area contributed by atoms with Gasteiger partial charge in [-0.05, 0) is 26.0 Å². The number of nitrogens with two attached hydrogens (primary N) is 1. The maximum atomic E-state index is 12.2. The highest BCUT2D eigenvalue weighted by molar-refractivity contribution is 6.43. The van der Waals surface area contributed by atoms with Gasteiger partial charge in [0, 0.05) is 18.7 Å². The van der Waals surface area contributed by atoms with Gasteiger partial charge in [0.25, 0.3) is 5.91 Å². The summed E-state index contributed by atoms with van der Waals surface area (Å²) in [5, 5.41) is 3.12. The molecule has 0 spiro atoms. The Balaban J connectivity index is 2.82. The Morgan fingerprint density at radius 2 is 1.95 bits per heavy atom. The van der Waals surface area contributed by atoms with Gasteiger partial charge < -0.3 is 16.0 Å². The number of nitrogens with zero attached hydrogens (tertiary/aromatic N) is 1. The molecule has 2 amide bonds. The van der Waals surface area contributed by atoms with E-state index in [0.29, 0.717) is 0 Å². The molecule has 0 saturated carbocycles. The molecule has 110 valence electrons. The van der Waals surface area contributed by atoms with Crippen molar-refractivity contribution in [3.63, 3.8) is 0 Å².